The van der Waals surface area contributed by atoms with Crippen LogP contribution in [0.5, 0.6) is 0 Å². The van der Waals surface area contributed by atoms with Gasteiger partial charge < -0.3 is 87.4 Å². The minimum Gasteiger partial charge on any atom is -0.395 e. The summed E-state index contributed by atoms with van der Waals surface area (Å²) in [6.07, 6.45) is 15.7. The van der Waals surface area contributed by atoms with Crippen LogP contribution >= 0.6 is 0 Å². The van der Waals surface area contributed by atoms with Crippen molar-refractivity contribution in [1.29, 1.82) is 0 Å². The van der Waals surface area contributed by atoms with Crippen LogP contribution in [0.15, 0.2) is 0 Å². The molecule has 0 radical (unpaired) electrons. The first kappa shape index (κ1) is 130. The SMILES string of the molecule is CC(C)(C)N1CC(O)(C2CCCCC2)C1.CC(C)(C)N1CC(O)(C2CCCCC2)C1.CC(C)(C)N1CC(O)C1.CC(C)(C)N1CCCC1.CC(C)(C)N1CC[C@@H](N)C1.CC(C)(C)N1CC[C@@H](O)C1.CC(C)(C)N1CC[C@H](O)C1.CC(C)(C)N1C[C@@H](O)C[C@@H]1CO.CC(C)(C)N1C[C@@H](O)[C@@H](O)C1.CC(C)(C)N1C[C@@H](O)[C@H](O)[C@H]1CO.CC(C)(C)N1C[C@H](O)C[C@H]1CO.CC(C)(C)N1C[C@H](O)[C@@H](O)C1. The van der Waals surface area contributed by atoms with E-state index >= 15 is 0 Å². The first-order valence-corrected chi connectivity index (χ1v) is 53.6. The molecular weight excluding hydrogens is 1740 g/mol. The summed E-state index contributed by atoms with van der Waals surface area (Å²) in [5.74, 6) is 1.15. The average molecular weight is 1960 g/mol. The Morgan fingerprint density at radius 3 is 0.672 bits per heavy atom. The van der Waals surface area contributed by atoms with Gasteiger partial charge in [0, 0.05) is 209 Å². The molecule has 2 aliphatic carbocycles. The lowest BCUT2D eigenvalue weighted by molar-refractivity contribution is -0.169. The molecule has 12 heterocycles. The standard InChI is InChI=1S/2C13H25NO.C9H19NO3.2C9H19NO2.C8H18N2.2C8H17NO2.2C8H17NO.C8H17N.C7H15NO/c2*1-12(2,3)14-9-13(15,10-14)11-7-5-4-6-8-11;1-9(2,3)10-4-7(12)8(13)6(10)5-11;2*1-9(2,3)10-5-8(12)4-7(10)6-11;1-8(2,3)10-5-4-7(9)6-10;2*1-8(2,3)9-4-6(10)7(11)5-9;2*1-8(2,3)9-5-4-7(10)6-9;1-8(2,3)9-6-4-5-7-9;1-7(2,3)8-4-6(9)5-8/h2*11,15H,4-10H2,1-3H3;6-8,11-13H,4-5H2,1-3H3;2*7-8,11-12H,4-6H2,1-3H3;7H,4-6,9H2,1-3H3;2*6-7,10-11H,4-5H2,1-3H3;2*7,10H,4-6H2,1-3H3;4-7H2,1-3H3;6,9H,4-5H2,1-3H3/t;;6-,7-,8-;2*7-,8+;7-;6-,7+;6-,7-;2*7-;;/m..1101.010../s1. The van der Waals surface area contributed by atoms with E-state index in [9.17, 15) is 61.3 Å². The Balaban J connectivity index is 0.000000386. The molecule has 14 aliphatic rings. The summed E-state index contributed by atoms with van der Waals surface area (Å²) >= 11 is 0. The van der Waals surface area contributed by atoms with Crippen LogP contribution in [-0.2, 0) is 0 Å². The molecule has 0 aromatic carbocycles. The van der Waals surface area contributed by atoms with Crippen molar-refractivity contribution in [3.63, 3.8) is 0 Å². The van der Waals surface area contributed by atoms with E-state index in [1.54, 1.807) is 0 Å². The Labute approximate surface area is 838 Å². The van der Waals surface area contributed by atoms with Crippen LogP contribution in [0.2, 0.25) is 0 Å². The maximum Gasteiger partial charge on any atom is 0.0988 e. The Kier molecular flexibility index (Phi) is 51.6. The topological polar surface area (TPSA) is 389 Å². The highest BCUT2D eigenvalue weighted by Crippen LogP contribution is 2.43. The van der Waals surface area contributed by atoms with Gasteiger partial charge in [-0.05, 0) is 345 Å². The molecule has 0 amide bonds. The van der Waals surface area contributed by atoms with Crippen molar-refractivity contribution in [2.75, 3.05) is 157 Å². The van der Waals surface area contributed by atoms with E-state index in [1.807, 2.05) is 25.7 Å². The predicted molar refractivity (Wildman–Crippen MR) is 563 cm³/mol. The maximum atomic E-state index is 10.5. The second kappa shape index (κ2) is 54.3. The average Bonchev–Trinajstić information content (AvgIpc) is 1.28. The molecule has 18 N–H and O–H groups in total. The summed E-state index contributed by atoms with van der Waals surface area (Å²) in [7, 11) is 0. The molecule has 14 atom stereocenters. The zero-order chi connectivity index (χ0) is 106. The lowest BCUT2D eigenvalue weighted by Gasteiger charge is -2.56. The van der Waals surface area contributed by atoms with Crippen LogP contribution in [-0.4, -0.2) is 467 Å². The highest BCUT2D eigenvalue weighted by molar-refractivity contribution is 5.07. The van der Waals surface area contributed by atoms with Gasteiger partial charge in [-0.25, -0.2) is 0 Å². The van der Waals surface area contributed by atoms with Crippen LogP contribution in [0, 0.1) is 11.8 Å². The minimum atomic E-state index is -0.829. The van der Waals surface area contributed by atoms with Gasteiger partial charge in [-0.3, -0.25) is 58.8 Å². The van der Waals surface area contributed by atoms with Crippen molar-refractivity contribution in [3.05, 3.63) is 0 Å². The number of nitrogens with zero attached hydrogens (tertiary/aromatic N) is 12. The van der Waals surface area contributed by atoms with Gasteiger partial charge >= 0.3 is 0 Å². The van der Waals surface area contributed by atoms with Gasteiger partial charge in [0.15, 0.2) is 0 Å². The second-order valence-electron chi connectivity index (χ2n) is 55.0. The van der Waals surface area contributed by atoms with Crippen molar-refractivity contribution in [2.45, 2.75) is 527 Å². The summed E-state index contributed by atoms with van der Waals surface area (Å²) in [6, 6.07) is 0.356. The van der Waals surface area contributed by atoms with Gasteiger partial charge in [0.2, 0.25) is 0 Å². The van der Waals surface area contributed by atoms with Crippen molar-refractivity contribution in [1.82, 2.24) is 58.8 Å². The molecule has 0 aromatic heterocycles. The molecular formula is C108H225N13O16. The molecule has 0 aromatic rings. The van der Waals surface area contributed by atoms with Crippen molar-refractivity contribution in [2.24, 2.45) is 17.6 Å². The predicted octanol–water partition coefficient (Wildman–Crippen LogP) is 8.94. The molecule has 14 rings (SSSR count). The zero-order valence-electron chi connectivity index (χ0n) is 94.9. The van der Waals surface area contributed by atoms with Gasteiger partial charge in [-0.15, -0.1) is 0 Å². The van der Waals surface area contributed by atoms with E-state index in [0.29, 0.717) is 87.6 Å². The van der Waals surface area contributed by atoms with E-state index < -0.39 is 36.6 Å². The van der Waals surface area contributed by atoms with Crippen LogP contribution in [0.3, 0.4) is 0 Å². The van der Waals surface area contributed by atoms with Gasteiger partial charge in [0.05, 0.1) is 104 Å². The van der Waals surface area contributed by atoms with Gasteiger partial charge in [0.1, 0.15) is 0 Å². The maximum absolute atomic E-state index is 10.5. The van der Waals surface area contributed by atoms with Crippen LogP contribution in [0.25, 0.3) is 0 Å². The number of nitrogens with two attached hydrogens (primary N) is 1. The molecule has 12 saturated heterocycles. The number of β-amino-alcohol motifs (C(OH)–C–C–N with tert-alkyl or cyclic N) is 12. The summed E-state index contributed by atoms with van der Waals surface area (Å²) in [4.78, 5) is 27.1. The number of aliphatic hydroxyl groups excluding tert-OH is 14. The summed E-state index contributed by atoms with van der Waals surface area (Å²) in [5.41, 5.74) is 7.03. The van der Waals surface area contributed by atoms with Crippen LogP contribution < -0.4 is 5.73 Å². The largest absolute Gasteiger partial charge is 0.395 e. The van der Waals surface area contributed by atoms with E-state index in [2.05, 4.69) is 282 Å². The third-order valence-electron chi connectivity index (χ3n) is 30.7. The lowest BCUT2D eigenvalue weighted by atomic mass is 9.71. The first-order valence-electron chi connectivity index (χ1n) is 53.6. The molecule has 0 spiro atoms. The summed E-state index contributed by atoms with van der Waals surface area (Å²) in [6.45, 7) is 96.0. The van der Waals surface area contributed by atoms with Crippen LogP contribution in [0.4, 0.5) is 0 Å². The molecule has 12 aliphatic heterocycles. The third-order valence-corrected chi connectivity index (χ3v) is 30.7. The normalized spacial score (nSPS) is 30.6. The fraction of sp³-hybridized carbons (Fsp3) is 1.00. The number of rotatable bonds is 5. The van der Waals surface area contributed by atoms with Crippen LogP contribution in [0.1, 0.15) is 358 Å². The minimum absolute atomic E-state index is 0.0465. The molecule has 0 bridgehead atoms. The Bertz CT molecular complexity index is 3040. The number of hydrogen-bond acceptors (Lipinski definition) is 29. The number of aliphatic hydroxyl groups is 16. The Morgan fingerprint density at radius 1 is 0.234 bits per heavy atom. The molecule has 0 unspecified atom stereocenters. The highest BCUT2D eigenvalue weighted by atomic mass is 16.3. The number of likely N-dealkylation sites (tertiary alicyclic amines) is 12. The number of hydrogen-bond donors (Lipinski definition) is 17. The van der Waals surface area contributed by atoms with Gasteiger partial charge in [-0.1, -0.05) is 38.5 Å². The third kappa shape index (κ3) is 44.7. The van der Waals surface area contributed by atoms with Crippen molar-refractivity contribution < 1.29 is 81.7 Å². The summed E-state index contributed by atoms with van der Waals surface area (Å²) < 4.78 is 0. The monoisotopic (exact) mass is 1960 g/mol. The van der Waals surface area contributed by atoms with Gasteiger partial charge in [0.25, 0.3) is 0 Å². The quantitative estimate of drug-likeness (QED) is 0.122. The zero-order valence-corrected chi connectivity index (χ0v) is 94.9. The Morgan fingerprint density at radius 2 is 0.496 bits per heavy atom. The smallest absolute Gasteiger partial charge is 0.0988 e. The van der Waals surface area contributed by atoms with Crippen molar-refractivity contribution in [3.8, 4) is 0 Å². The highest BCUT2D eigenvalue weighted by Gasteiger charge is 2.53. The van der Waals surface area contributed by atoms with E-state index in [4.69, 9.17) is 26.2 Å². The fourth-order valence-electron chi connectivity index (χ4n) is 20.7. The molecule has 818 valence electrons. The first-order chi connectivity index (χ1) is 62.0. The molecule has 2 saturated carbocycles. The second-order valence-corrected chi connectivity index (χ2v) is 55.0. The fourth-order valence-corrected chi connectivity index (χ4v) is 20.7. The molecule has 29 heteroatoms. The Hall–Kier alpha value is -1.16. The van der Waals surface area contributed by atoms with E-state index in [1.165, 1.54) is 96.7 Å². The lowest BCUT2D eigenvalue weighted by Crippen LogP contribution is -2.69. The molecule has 14 fully saturated rings. The van der Waals surface area contributed by atoms with Crippen molar-refractivity contribution >= 4 is 0 Å². The summed E-state index contributed by atoms with van der Waals surface area (Å²) in [5, 5.41) is 150. The van der Waals surface area contributed by atoms with E-state index in [0.717, 1.165) is 91.3 Å². The van der Waals surface area contributed by atoms with E-state index in [-0.39, 0.29) is 135 Å². The van der Waals surface area contributed by atoms with Gasteiger partial charge in [-0.2, -0.15) is 0 Å². The molecule has 29 nitrogen and oxygen atoms in total. The molecule has 137 heavy (non-hydrogen) atoms.